The van der Waals surface area contributed by atoms with E-state index in [1.807, 2.05) is 6.92 Å². The van der Waals surface area contributed by atoms with Crippen LogP contribution in [0.15, 0.2) is 0 Å². The molecule has 0 aromatic heterocycles. The van der Waals surface area contributed by atoms with Crippen LogP contribution in [0.3, 0.4) is 0 Å². The number of carbonyl (C=O) groups excluding carboxylic acids is 1. The van der Waals surface area contributed by atoms with Crippen molar-refractivity contribution in [1.29, 1.82) is 0 Å². The van der Waals surface area contributed by atoms with Crippen LogP contribution in [-0.2, 0) is 14.6 Å². The zero-order chi connectivity index (χ0) is 15.3. The first-order valence-corrected chi connectivity index (χ1v) is 8.57. The Labute approximate surface area is 119 Å². The van der Waals surface area contributed by atoms with Gasteiger partial charge in [0.25, 0.3) is 0 Å². The molecule has 7 nitrogen and oxygen atoms in total. The van der Waals surface area contributed by atoms with Gasteiger partial charge in [0.15, 0.2) is 0 Å². The first-order valence-electron chi connectivity index (χ1n) is 6.75. The SMILES string of the molecule is CC[C@H](C)[C@H](NC(=O)NC1CCS(=O)(=O)CC1)C(=O)O. The number of hydrogen-bond acceptors (Lipinski definition) is 4. The van der Waals surface area contributed by atoms with Crippen LogP contribution in [0.4, 0.5) is 4.79 Å². The summed E-state index contributed by atoms with van der Waals surface area (Å²) in [5, 5.41) is 14.2. The monoisotopic (exact) mass is 306 g/mol. The Hall–Kier alpha value is -1.31. The van der Waals surface area contributed by atoms with E-state index in [2.05, 4.69) is 10.6 Å². The van der Waals surface area contributed by atoms with Crippen LogP contribution in [0.25, 0.3) is 0 Å². The van der Waals surface area contributed by atoms with Crippen LogP contribution in [-0.4, -0.2) is 49.1 Å². The zero-order valence-corrected chi connectivity index (χ0v) is 12.6. The summed E-state index contributed by atoms with van der Waals surface area (Å²) in [7, 11) is -2.97. The third-order valence-corrected chi connectivity index (χ3v) is 5.37. The van der Waals surface area contributed by atoms with Crippen LogP contribution < -0.4 is 10.6 Å². The highest BCUT2D eigenvalue weighted by atomic mass is 32.2. The van der Waals surface area contributed by atoms with E-state index in [0.29, 0.717) is 19.3 Å². The van der Waals surface area contributed by atoms with Gasteiger partial charge in [-0.05, 0) is 18.8 Å². The first-order chi connectivity index (χ1) is 9.25. The highest BCUT2D eigenvalue weighted by Gasteiger charge is 2.28. The molecule has 116 valence electrons. The standard InChI is InChI=1S/C12H22N2O5S/c1-3-8(2)10(11(15)16)14-12(17)13-9-4-6-20(18,19)7-5-9/h8-10H,3-7H2,1-2H3,(H,15,16)(H2,13,14,17)/t8-,10-/m0/s1. The molecule has 0 aromatic rings. The number of urea groups is 1. The first kappa shape index (κ1) is 16.7. The number of rotatable bonds is 5. The molecule has 2 amide bonds. The molecule has 0 bridgehead atoms. The van der Waals surface area contributed by atoms with Crippen molar-refractivity contribution in [2.45, 2.75) is 45.2 Å². The highest BCUT2D eigenvalue weighted by Crippen LogP contribution is 2.12. The van der Waals surface area contributed by atoms with E-state index in [1.54, 1.807) is 6.92 Å². The molecule has 1 fully saturated rings. The number of sulfone groups is 1. The smallest absolute Gasteiger partial charge is 0.326 e. The van der Waals surface area contributed by atoms with Gasteiger partial charge in [-0.3, -0.25) is 0 Å². The predicted octanol–water partition coefficient (Wildman–Crippen LogP) is 0.362. The van der Waals surface area contributed by atoms with Crippen molar-refractivity contribution in [3.8, 4) is 0 Å². The van der Waals surface area contributed by atoms with Crippen molar-refractivity contribution in [1.82, 2.24) is 10.6 Å². The fraction of sp³-hybridized carbons (Fsp3) is 0.833. The average molecular weight is 306 g/mol. The third-order valence-electron chi connectivity index (χ3n) is 3.66. The third kappa shape index (κ3) is 4.99. The second-order valence-electron chi connectivity index (χ2n) is 5.25. The van der Waals surface area contributed by atoms with Crippen LogP contribution in [0.2, 0.25) is 0 Å². The van der Waals surface area contributed by atoms with Crippen LogP contribution >= 0.6 is 0 Å². The van der Waals surface area contributed by atoms with Gasteiger partial charge < -0.3 is 15.7 Å². The molecule has 0 spiro atoms. The second kappa shape index (κ2) is 6.92. The van der Waals surface area contributed by atoms with Gasteiger partial charge >= 0.3 is 12.0 Å². The number of nitrogens with one attached hydrogen (secondary N) is 2. The lowest BCUT2D eigenvalue weighted by molar-refractivity contribution is -0.140. The summed E-state index contributed by atoms with van der Waals surface area (Å²) in [5.74, 6) is -1.12. The molecular weight excluding hydrogens is 284 g/mol. The van der Waals surface area contributed by atoms with Crippen molar-refractivity contribution in [3.05, 3.63) is 0 Å². The van der Waals surface area contributed by atoms with Crippen molar-refractivity contribution in [2.24, 2.45) is 5.92 Å². The van der Waals surface area contributed by atoms with Gasteiger partial charge in [-0.25, -0.2) is 18.0 Å². The van der Waals surface area contributed by atoms with Crippen molar-refractivity contribution in [2.75, 3.05) is 11.5 Å². The van der Waals surface area contributed by atoms with Gasteiger partial charge in [0.1, 0.15) is 15.9 Å². The lowest BCUT2D eigenvalue weighted by atomic mass is 9.99. The maximum absolute atomic E-state index is 11.8. The summed E-state index contributed by atoms with van der Waals surface area (Å²) in [6.07, 6.45) is 1.38. The molecule has 1 heterocycles. The molecule has 0 radical (unpaired) electrons. The summed E-state index contributed by atoms with van der Waals surface area (Å²) in [6.45, 7) is 3.61. The molecule has 2 atom stereocenters. The molecule has 1 aliphatic rings. The predicted molar refractivity (Wildman–Crippen MR) is 74.2 cm³/mol. The molecular formula is C12H22N2O5S. The molecule has 8 heteroatoms. The van der Waals surface area contributed by atoms with E-state index >= 15 is 0 Å². The van der Waals surface area contributed by atoms with Gasteiger partial charge in [-0.1, -0.05) is 20.3 Å². The molecule has 3 N–H and O–H groups in total. The molecule has 0 aliphatic carbocycles. The summed E-state index contributed by atoms with van der Waals surface area (Å²) < 4.78 is 22.5. The fourth-order valence-electron chi connectivity index (χ4n) is 2.09. The maximum Gasteiger partial charge on any atom is 0.326 e. The summed E-state index contributed by atoms with van der Waals surface area (Å²) in [4.78, 5) is 22.9. The Morgan fingerprint density at radius 3 is 2.30 bits per heavy atom. The van der Waals surface area contributed by atoms with Crippen LogP contribution in [0, 0.1) is 5.92 Å². The van der Waals surface area contributed by atoms with E-state index < -0.39 is 27.9 Å². The van der Waals surface area contributed by atoms with Gasteiger partial charge in [0.05, 0.1) is 11.5 Å². The normalized spacial score (nSPS) is 21.7. The Balaban J connectivity index is 2.48. The quantitative estimate of drug-likeness (QED) is 0.679. The van der Waals surface area contributed by atoms with E-state index in [9.17, 15) is 18.0 Å². The van der Waals surface area contributed by atoms with Crippen molar-refractivity contribution in [3.63, 3.8) is 0 Å². The number of carboxylic acids is 1. The Morgan fingerprint density at radius 1 is 1.30 bits per heavy atom. The van der Waals surface area contributed by atoms with Crippen LogP contribution in [0.1, 0.15) is 33.1 Å². The fourth-order valence-corrected chi connectivity index (χ4v) is 3.58. The van der Waals surface area contributed by atoms with E-state index in [-0.39, 0.29) is 23.5 Å². The van der Waals surface area contributed by atoms with E-state index in [4.69, 9.17) is 5.11 Å². The highest BCUT2D eigenvalue weighted by molar-refractivity contribution is 7.91. The minimum absolute atomic E-state index is 0.0612. The van der Waals surface area contributed by atoms with Crippen LogP contribution in [0.5, 0.6) is 0 Å². The Kier molecular flexibility index (Phi) is 5.79. The number of aliphatic carboxylic acids is 1. The molecule has 1 rings (SSSR count). The van der Waals surface area contributed by atoms with Gasteiger partial charge in [-0.2, -0.15) is 0 Å². The number of carboxylic acid groups (broad SMARTS) is 1. The minimum atomic E-state index is -2.97. The van der Waals surface area contributed by atoms with Gasteiger partial charge in [0.2, 0.25) is 0 Å². The zero-order valence-electron chi connectivity index (χ0n) is 11.8. The molecule has 1 saturated heterocycles. The molecule has 0 aromatic carbocycles. The van der Waals surface area contributed by atoms with Crippen molar-refractivity contribution < 1.29 is 23.1 Å². The minimum Gasteiger partial charge on any atom is -0.480 e. The molecule has 0 saturated carbocycles. The summed E-state index contributed by atoms with van der Waals surface area (Å²) in [5.41, 5.74) is 0. The molecule has 0 unspecified atom stereocenters. The average Bonchev–Trinajstić information content (AvgIpc) is 2.37. The maximum atomic E-state index is 11.8. The lowest BCUT2D eigenvalue weighted by Crippen LogP contribution is -2.52. The Bertz CT molecular complexity index is 448. The number of hydrogen-bond donors (Lipinski definition) is 3. The Morgan fingerprint density at radius 2 is 1.85 bits per heavy atom. The van der Waals surface area contributed by atoms with E-state index in [0.717, 1.165) is 0 Å². The topological polar surface area (TPSA) is 113 Å². The number of amides is 2. The van der Waals surface area contributed by atoms with E-state index in [1.165, 1.54) is 0 Å². The summed E-state index contributed by atoms with van der Waals surface area (Å²) in [6, 6.07) is -1.71. The second-order valence-corrected chi connectivity index (χ2v) is 7.55. The number of carbonyl (C=O) groups is 2. The largest absolute Gasteiger partial charge is 0.480 e. The summed E-state index contributed by atoms with van der Waals surface area (Å²) >= 11 is 0. The lowest BCUT2D eigenvalue weighted by Gasteiger charge is -2.25. The molecule has 1 aliphatic heterocycles. The van der Waals surface area contributed by atoms with Crippen molar-refractivity contribution >= 4 is 21.8 Å². The van der Waals surface area contributed by atoms with Gasteiger partial charge in [-0.15, -0.1) is 0 Å². The molecule has 20 heavy (non-hydrogen) atoms. The van der Waals surface area contributed by atoms with Gasteiger partial charge in [0, 0.05) is 6.04 Å².